The van der Waals surface area contributed by atoms with Gasteiger partial charge in [0.1, 0.15) is 5.75 Å². The fourth-order valence-corrected chi connectivity index (χ4v) is 4.66. The Labute approximate surface area is 184 Å². The number of methoxy groups -OCH3 is 1. The first-order valence-electron chi connectivity index (χ1n) is 11.3. The summed E-state index contributed by atoms with van der Waals surface area (Å²) in [6, 6.07) is 16.5. The van der Waals surface area contributed by atoms with Crippen LogP contribution in [0.1, 0.15) is 38.2 Å². The van der Waals surface area contributed by atoms with Crippen molar-refractivity contribution in [3.05, 3.63) is 54.1 Å². The topological polar surface area (TPSA) is 58.6 Å². The van der Waals surface area contributed by atoms with E-state index in [4.69, 9.17) is 4.74 Å². The number of carbonyl (C=O) groups excluding carboxylic acids is 2. The quantitative estimate of drug-likeness (QED) is 0.735. The summed E-state index contributed by atoms with van der Waals surface area (Å²) >= 11 is 0. The maximum atomic E-state index is 13.2. The lowest BCUT2D eigenvalue weighted by atomic mass is 9.74. The number of ether oxygens (including phenoxy) is 1. The molecule has 1 aliphatic heterocycles. The molecule has 0 bridgehead atoms. The van der Waals surface area contributed by atoms with Crippen molar-refractivity contribution in [1.82, 2.24) is 10.2 Å². The Morgan fingerprint density at radius 1 is 1.06 bits per heavy atom. The number of hydrogen-bond donors (Lipinski definition) is 1. The van der Waals surface area contributed by atoms with E-state index < -0.39 is 5.41 Å². The lowest BCUT2D eigenvalue weighted by Gasteiger charge is -2.42. The zero-order valence-corrected chi connectivity index (χ0v) is 18.5. The van der Waals surface area contributed by atoms with E-state index >= 15 is 0 Å². The van der Waals surface area contributed by atoms with E-state index in [1.165, 1.54) is 0 Å². The molecular weight excluding hydrogens is 388 g/mol. The average molecular weight is 421 g/mol. The molecule has 2 aliphatic rings. The van der Waals surface area contributed by atoms with E-state index in [0.717, 1.165) is 54.7 Å². The van der Waals surface area contributed by atoms with Gasteiger partial charge in [0.25, 0.3) is 0 Å². The minimum Gasteiger partial charge on any atom is -0.497 e. The van der Waals surface area contributed by atoms with E-state index in [2.05, 4.69) is 29.6 Å². The monoisotopic (exact) mass is 420 g/mol. The summed E-state index contributed by atoms with van der Waals surface area (Å²) in [7, 11) is 1.67. The smallest absolute Gasteiger partial charge is 0.228 e. The van der Waals surface area contributed by atoms with Crippen LogP contribution >= 0.6 is 0 Å². The van der Waals surface area contributed by atoms with E-state index in [9.17, 15) is 9.59 Å². The van der Waals surface area contributed by atoms with Gasteiger partial charge in [-0.15, -0.1) is 0 Å². The Morgan fingerprint density at radius 2 is 1.71 bits per heavy atom. The molecule has 1 atom stereocenters. The third-order valence-electron chi connectivity index (χ3n) is 6.55. The first-order valence-corrected chi connectivity index (χ1v) is 11.3. The number of piperidine rings is 1. The number of amides is 2. The summed E-state index contributed by atoms with van der Waals surface area (Å²) in [6.45, 7) is 3.85. The molecule has 1 N–H and O–H groups in total. The zero-order chi connectivity index (χ0) is 21.8. The van der Waals surface area contributed by atoms with Crippen LogP contribution in [0.4, 0.5) is 0 Å². The van der Waals surface area contributed by atoms with Gasteiger partial charge in [-0.1, -0.05) is 36.4 Å². The van der Waals surface area contributed by atoms with Crippen LogP contribution in [0, 0.1) is 11.3 Å². The van der Waals surface area contributed by atoms with Crippen molar-refractivity contribution in [3.63, 3.8) is 0 Å². The van der Waals surface area contributed by atoms with Gasteiger partial charge in [0.15, 0.2) is 0 Å². The fraction of sp³-hybridized carbons (Fsp3) is 0.462. The van der Waals surface area contributed by atoms with E-state index in [1.807, 2.05) is 36.1 Å². The van der Waals surface area contributed by atoms with E-state index in [1.54, 1.807) is 7.11 Å². The second kappa shape index (κ2) is 9.13. The van der Waals surface area contributed by atoms with Gasteiger partial charge in [-0.3, -0.25) is 9.59 Å². The van der Waals surface area contributed by atoms with Gasteiger partial charge in [0.2, 0.25) is 11.8 Å². The highest BCUT2D eigenvalue weighted by molar-refractivity contribution is 5.86. The number of hydrogen-bond acceptors (Lipinski definition) is 3. The number of nitrogens with one attached hydrogen (secondary N) is 1. The van der Waals surface area contributed by atoms with Crippen molar-refractivity contribution in [2.45, 2.75) is 39.0 Å². The highest BCUT2D eigenvalue weighted by Gasteiger charge is 2.45. The number of likely N-dealkylation sites (tertiary alicyclic amines) is 1. The summed E-state index contributed by atoms with van der Waals surface area (Å²) in [4.78, 5) is 27.8. The summed E-state index contributed by atoms with van der Waals surface area (Å²) in [5.74, 6) is 1.34. The van der Waals surface area contributed by atoms with Crippen LogP contribution in [-0.4, -0.2) is 43.5 Å². The predicted molar refractivity (Wildman–Crippen MR) is 122 cm³/mol. The summed E-state index contributed by atoms with van der Waals surface area (Å²) < 4.78 is 5.24. The maximum absolute atomic E-state index is 13.2. The average Bonchev–Trinajstić information content (AvgIpc) is 3.65. The molecule has 1 saturated carbocycles. The van der Waals surface area contributed by atoms with Crippen LogP contribution in [0.15, 0.2) is 48.5 Å². The Bertz CT molecular complexity index is 919. The molecule has 0 spiro atoms. The lowest BCUT2D eigenvalue weighted by molar-refractivity contribution is -0.142. The summed E-state index contributed by atoms with van der Waals surface area (Å²) in [5, 5.41) is 3.04. The molecule has 164 valence electrons. The maximum Gasteiger partial charge on any atom is 0.228 e. The second-order valence-corrected chi connectivity index (χ2v) is 8.88. The van der Waals surface area contributed by atoms with Gasteiger partial charge >= 0.3 is 0 Å². The highest BCUT2D eigenvalue weighted by atomic mass is 16.5. The number of carbonyl (C=O) groups is 2. The Kier molecular flexibility index (Phi) is 6.30. The molecule has 2 amide bonds. The van der Waals surface area contributed by atoms with Gasteiger partial charge < -0.3 is 15.0 Å². The minimum atomic E-state index is -0.555. The molecule has 2 aromatic carbocycles. The Morgan fingerprint density at radius 3 is 2.29 bits per heavy atom. The molecule has 31 heavy (non-hydrogen) atoms. The van der Waals surface area contributed by atoms with Gasteiger partial charge in [0, 0.05) is 25.6 Å². The summed E-state index contributed by atoms with van der Waals surface area (Å²) in [6.07, 6.45) is 4.33. The second-order valence-electron chi connectivity index (χ2n) is 8.88. The lowest BCUT2D eigenvalue weighted by Crippen LogP contribution is -2.54. The largest absolute Gasteiger partial charge is 0.497 e. The first-order chi connectivity index (χ1) is 15.0. The molecule has 5 nitrogen and oxygen atoms in total. The SMILES string of the molecule is CCNC(=O)[C@]1(Cc2ccc(-c3ccc(OC)cc3)cc2)CCCN(C(=O)C2CC2)C1. The Hall–Kier alpha value is -2.82. The molecular formula is C26H32N2O3. The molecule has 1 saturated heterocycles. The molecule has 4 rings (SSSR count). The van der Waals surface area contributed by atoms with Crippen LogP contribution in [0.5, 0.6) is 5.75 Å². The molecule has 0 unspecified atom stereocenters. The molecule has 2 fully saturated rings. The van der Waals surface area contributed by atoms with Crippen molar-refractivity contribution < 1.29 is 14.3 Å². The van der Waals surface area contributed by atoms with Gasteiger partial charge in [0.05, 0.1) is 12.5 Å². The third-order valence-corrected chi connectivity index (χ3v) is 6.55. The predicted octanol–water partition coefficient (Wildman–Crippen LogP) is 4.06. The van der Waals surface area contributed by atoms with Crippen molar-refractivity contribution in [2.24, 2.45) is 11.3 Å². The number of rotatable bonds is 7. The molecule has 1 aliphatic carbocycles. The van der Waals surface area contributed by atoms with Crippen LogP contribution in [-0.2, 0) is 16.0 Å². The van der Waals surface area contributed by atoms with E-state index in [-0.39, 0.29) is 17.7 Å². The van der Waals surface area contributed by atoms with Gasteiger partial charge in [-0.05, 0) is 67.9 Å². The van der Waals surface area contributed by atoms with Crippen molar-refractivity contribution in [1.29, 1.82) is 0 Å². The van der Waals surface area contributed by atoms with Gasteiger partial charge in [-0.25, -0.2) is 0 Å². The zero-order valence-electron chi connectivity index (χ0n) is 18.5. The van der Waals surface area contributed by atoms with Crippen LogP contribution in [0.2, 0.25) is 0 Å². The molecule has 0 aromatic heterocycles. The number of benzene rings is 2. The first kappa shape index (κ1) is 21.4. The molecule has 1 heterocycles. The molecule has 2 aromatic rings. The highest BCUT2D eigenvalue weighted by Crippen LogP contribution is 2.38. The minimum absolute atomic E-state index is 0.0718. The fourth-order valence-electron chi connectivity index (χ4n) is 4.66. The number of nitrogens with zero attached hydrogens (tertiary/aromatic N) is 1. The van der Waals surface area contributed by atoms with Crippen molar-refractivity contribution in [2.75, 3.05) is 26.7 Å². The van der Waals surface area contributed by atoms with Gasteiger partial charge in [-0.2, -0.15) is 0 Å². The van der Waals surface area contributed by atoms with Crippen LogP contribution < -0.4 is 10.1 Å². The van der Waals surface area contributed by atoms with Crippen molar-refractivity contribution >= 4 is 11.8 Å². The molecule has 5 heteroatoms. The van der Waals surface area contributed by atoms with Crippen molar-refractivity contribution in [3.8, 4) is 16.9 Å². The Balaban J connectivity index is 1.53. The summed E-state index contributed by atoms with van der Waals surface area (Å²) in [5.41, 5.74) is 2.84. The van der Waals surface area contributed by atoms with Crippen LogP contribution in [0.25, 0.3) is 11.1 Å². The molecule has 0 radical (unpaired) electrons. The third kappa shape index (κ3) is 4.76. The normalized spacial score (nSPS) is 20.9. The van der Waals surface area contributed by atoms with E-state index in [0.29, 0.717) is 19.5 Å². The standard InChI is InChI=1S/C26H32N2O3/c1-3-27-25(30)26(15-4-16-28(18-26)24(29)22-9-10-22)17-19-5-7-20(8-6-19)21-11-13-23(31-2)14-12-21/h5-8,11-14,22H,3-4,9-10,15-18H2,1-2H3,(H,27,30)/t26-/m0/s1. The van der Waals surface area contributed by atoms with Crippen LogP contribution in [0.3, 0.4) is 0 Å².